The molecule has 0 aliphatic carbocycles. The van der Waals surface area contributed by atoms with Crippen molar-refractivity contribution in [3.63, 3.8) is 0 Å². The fourth-order valence-corrected chi connectivity index (χ4v) is 3.41. The summed E-state index contributed by atoms with van der Waals surface area (Å²) in [6, 6.07) is 15.2. The molecule has 146 valence electrons. The number of amides is 1. The fourth-order valence-electron chi connectivity index (χ4n) is 3.41. The van der Waals surface area contributed by atoms with Gasteiger partial charge in [0.15, 0.2) is 0 Å². The third-order valence-corrected chi connectivity index (χ3v) is 4.97. The molecule has 0 bridgehead atoms. The second-order valence-corrected chi connectivity index (χ2v) is 7.26. The van der Waals surface area contributed by atoms with Gasteiger partial charge in [0.2, 0.25) is 5.91 Å². The maximum absolute atomic E-state index is 13.1. The average molecular weight is 379 g/mol. The number of benzene rings is 2. The molecule has 0 aliphatic heterocycles. The Morgan fingerprint density at radius 1 is 0.857 bits per heavy atom. The summed E-state index contributed by atoms with van der Waals surface area (Å²) in [5.41, 5.74) is 0.627. The number of nitrogens with one attached hydrogen (secondary N) is 1. The number of carbonyl (C=O) groups is 1. The van der Waals surface area contributed by atoms with Gasteiger partial charge in [-0.15, -0.1) is 0 Å². The van der Waals surface area contributed by atoms with Gasteiger partial charge in [0.05, 0.1) is 16.9 Å². The molecule has 2 atom stereocenters. The molecule has 0 fully saturated rings. The normalized spacial score (nSPS) is 13.5. The van der Waals surface area contributed by atoms with Crippen LogP contribution in [0, 0.1) is 0 Å². The first-order valence-electron chi connectivity index (χ1n) is 9.44. The summed E-state index contributed by atoms with van der Waals surface area (Å²) >= 11 is 0. The van der Waals surface area contributed by atoms with Gasteiger partial charge in [-0.2, -0.15) is 0 Å². The van der Waals surface area contributed by atoms with Gasteiger partial charge < -0.3 is 5.32 Å². The summed E-state index contributed by atoms with van der Waals surface area (Å²) in [4.78, 5) is 38.8. The second kappa shape index (κ2) is 7.84. The zero-order valence-electron chi connectivity index (χ0n) is 16.5. The van der Waals surface area contributed by atoms with Crippen LogP contribution < -0.4 is 16.6 Å². The summed E-state index contributed by atoms with van der Waals surface area (Å²) in [7, 11) is 0. The highest BCUT2D eigenvalue weighted by molar-refractivity contribution is 5.84. The molecular formula is C22H25N3O3. The Morgan fingerprint density at radius 2 is 1.46 bits per heavy atom. The van der Waals surface area contributed by atoms with Crippen molar-refractivity contribution in [2.75, 3.05) is 0 Å². The van der Waals surface area contributed by atoms with E-state index in [4.69, 9.17) is 0 Å². The number of hydrogen-bond donors (Lipinski definition) is 1. The molecule has 6 nitrogen and oxygen atoms in total. The van der Waals surface area contributed by atoms with Crippen LogP contribution >= 0.6 is 0 Å². The van der Waals surface area contributed by atoms with Crippen LogP contribution in [0.25, 0.3) is 10.9 Å². The predicted octanol–water partition coefficient (Wildman–Crippen LogP) is 3.18. The monoisotopic (exact) mass is 379 g/mol. The first kappa shape index (κ1) is 19.6. The van der Waals surface area contributed by atoms with Gasteiger partial charge in [0.1, 0.15) is 6.04 Å². The number of nitrogens with zero attached hydrogens (tertiary/aromatic N) is 2. The van der Waals surface area contributed by atoms with Crippen LogP contribution in [0.2, 0.25) is 0 Å². The van der Waals surface area contributed by atoms with Crippen LogP contribution in [0.1, 0.15) is 51.4 Å². The van der Waals surface area contributed by atoms with Crippen LogP contribution in [0.4, 0.5) is 0 Å². The van der Waals surface area contributed by atoms with Crippen molar-refractivity contribution in [3.05, 3.63) is 81.0 Å². The number of hydrogen-bond acceptors (Lipinski definition) is 3. The predicted molar refractivity (Wildman–Crippen MR) is 111 cm³/mol. The molecule has 0 saturated carbocycles. The van der Waals surface area contributed by atoms with Gasteiger partial charge in [0.25, 0.3) is 5.56 Å². The van der Waals surface area contributed by atoms with Gasteiger partial charge in [0, 0.05) is 6.04 Å². The SMILES string of the molecule is CC(C)n1c(=O)c2ccccc2n([C@H](C)C(=O)N[C@@H](C)c2ccccc2)c1=O. The Labute approximate surface area is 163 Å². The highest BCUT2D eigenvalue weighted by Gasteiger charge is 2.24. The molecule has 0 aliphatic rings. The largest absolute Gasteiger partial charge is 0.348 e. The first-order valence-corrected chi connectivity index (χ1v) is 9.44. The smallest absolute Gasteiger partial charge is 0.332 e. The Hall–Kier alpha value is -3.15. The van der Waals surface area contributed by atoms with E-state index in [1.54, 1.807) is 45.0 Å². The lowest BCUT2D eigenvalue weighted by Crippen LogP contribution is -2.45. The first-order chi connectivity index (χ1) is 13.3. The van der Waals surface area contributed by atoms with E-state index in [1.807, 2.05) is 37.3 Å². The van der Waals surface area contributed by atoms with Crippen LogP contribution in [-0.4, -0.2) is 15.0 Å². The molecule has 1 heterocycles. The molecule has 1 amide bonds. The molecule has 6 heteroatoms. The van der Waals surface area contributed by atoms with E-state index >= 15 is 0 Å². The van der Waals surface area contributed by atoms with Gasteiger partial charge in [-0.1, -0.05) is 42.5 Å². The molecular weight excluding hydrogens is 354 g/mol. The molecule has 3 aromatic rings. The van der Waals surface area contributed by atoms with E-state index < -0.39 is 11.7 Å². The third-order valence-electron chi connectivity index (χ3n) is 4.97. The van der Waals surface area contributed by atoms with E-state index in [0.717, 1.165) is 5.56 Å². The van der Waals surface area contributed by atoms with Crippen molar-refractivity contribution in [2.24, 2.45) is 0 Å². The van der Waals surface area contributed by atoms with Gasteiger partial charge in [-0.05, 0) is 45.4 Å². The van der Waals surface area contributed by atoms with E-state index in [0.29, 0.717) is 10.9 Å². The summed E-state index contributed by atoms with van der Waals surface area (Å²) in [5.74, 6) is -0.280. The van der Waals surface area contributed by atoms with E-state index in [-0.39, 0.29) is 23.6 Å². The minimum atomic E-state index is -0.769. The summed E-state index contributed by atoms with van der Waals surface area (Å²) in [6.07, 6.45) is 0. The van der Waals surface area contributed by atoms with Crippen LogP contribution in [0.15, 0.2) is 64.2 Å². The molecule has 1 N–H and O–H groups in total. The minimum Gasteiger partial charge on any atom is -0.348 e. The van der Waals surface area contributed by atoms with E-state index in [2.05, 4.69) is 5.32 Å². The van der Waals surface area contributed by atoms with Crippen LogP contribution in [-0.2, 0) is 4.79 Å². The van der Waals surface area contributed by atoms with E-state index in [9.17, 15) is 14.4 Å². The highest BCUT2D eigenvalue weighted by atomic mass is 16.2. The number of para-hydroxylation sites is 1. The van der Waals surface area contributed by atoms with Crippen molar-refractivity contribution >= 4 is 16.8 Å². The zero-order valence-corrected chi connectivity index (χ0v) is 16.5. The Morgan fingerprint density at radius 3 is 2.11 bits per heavy atom. The standard InChI is InChI=1S/C22H25N3O3/c1-14(2)24-21(27)18-12-8-9-13-19(18)25(22(24)28)16(4)20(26)23-15(3)17-10-6-5-7-11-17/h5-16H,1-4H3,(H,23,26)/t15-,16+/m0/s1. The van der Waals surface area contributed by atoms with Crippen molar-refractivity contribution < 1.29 is 4.79 Å². The minimum absolute atomic E-state index is 0.200. The zero-order chi connectivity index (χ0) is 20.4. The van der Waals surface area contributed by atoms with Crippen molar-refractivity contribution in [1.82, 2.24) is 14.5 Å². The van der Waals surface area contributed by atoms with Crippen molar-refractivity contribution in [2.45, 2.75) is 45.8 Å². The Balaban J connectivity index is 2.06. The quantitative estimate of drug-likeness (QED) is 0.740. The summed E-state index contributed by atoms with van der Waals surface area (Å²) in [5, 5.41) is 3.39. The fraction of sp³-hybridized carbons (Fsp3) is 0.318. The molecule has 0 spiro atoms. The molecule has 28 heavy (non-hydrogen) atoms. The molecule has 0 radical (unpaired) electrons. The maximum atomic E-state index is 13.1. The lowest BCUT2D eigenvalue weighted by Gasteiger charge is -2.22. The topological polar surface area (TPSA) is 73.1 Å². The Kier molecular flexibility index (Phi) is 5.49. The van der Waals surface area contributed by atoms with Crippen LogP contribution in [0.3, 0.4) is 0 Å². The maximum Gasteiger partial charge on any atom is 0.332 e. The number of rotatable bonds is 5. The third kappa shape index (κ3) is 3.50. The summed E-state index contributed by atoms with van der Waals surface area (Å²) < 4.78 is 2.61. The lowest BCUT2D eigenvalue weighted by atomic mass is 10.1. The number of carbonyl (C=O) groups excluding carboxylic acids is 1. The molecule has 1 aromatic heterocycles. The molecule has 2 aromatic carbocycles. The highest BCUT2D eigenvalue weighted by Crippen LogP contribution is 2.17. The summed E-state index contributed by atoms with van der Waals surface area (Å²) in [6.45, 7) is 7.14. The van der Waals surface area contributed by atoms with Gasteiger partial charge in [-0.25, -0.2) is 4.79 Å². The molecule has 0 saturated heterocycles. The lowest BCUT2D eigenvalue weighted by molar-refractivity contribution is -0.124. The molecule has 3 rings (SSSR count). The average Bonchev–Trinajstić information content (AvgIpc) is 2.68. The van der Waals surface area contributed by atoms with Gasteiger partial charge in [-0.3, -0.25) is 18.7 Å². The Bertz CT molecular complexity index is 1110. The van der Waals surface area contributed by atoms with Crippen molar-refractivity contribution in [3.8, 4) is 0 Å². The van der Waals surface area contributed by atoms with Crippen LogP contribution in [0.5, 0.6) is 0 Å². The van der Waals surface area contributed by atoms with Gasteiger partial charge >= 0.3 is 5.69 Å². The number of fused-ring (bicyclic) bond motifs is 1. The van der Waals surface area contributed by atoms with E-state index in [1.165, 1.54) is 9.13 Å². The van der Waals surface area contributed by atoms with Crippen molar-refractivity contribution in [1.29, 1.82) is 0 Å². The second-order valence-electron chi connectivity index (χ2n) is 7.26. The number of aromatic nitrogens is 2. The molecule has 0 unspecified atom stereocenters.